The summed E-state index contributed by atoms with van der Waals surface area (Å²) in [6.45, 7) is 0.971. The number of nitrogens with zero attached hydrogens (tertiary/aromatic N) is 4. The van der Waals surface area contributed by atoms with Crippen LogP contribution in [0.15, 0.2) is 64.2 Å². The third-order valence-corrected chi connectivity index (χ3v) is 7.24. The monoisotopic (exact) mass is 448 g/mol. The van der Waals surface area contributed by atoms with Crippen molar-refractivity contribution in [2.45, 2.75) is 24.3 Å². The van der Waals surface area contributed by atoms with Gasteiger partial charge in [0, 0.05) is 36.6 Å². The molecule has 0 amide bonds. The molecule has 162 valence electrons. The number of nitriles is 1. The lowest BCUT2D eigenvalue weighted by atomic mass is 9.97. The van der Waals surface area contributed by atoms with Crippen LogP contribution in [0.3, 0.4) is 0 Å². The number of sulfonamides is 1. The fourth-order valence-electron chi connectivity index (χ4n) is 4.36. The zero-order chi connectivity index (χ0) is 22.3. The average molecular weight is 449 g/mol. The summed E-state index contributed by atoms with van der Waals surface area (Å²) in [5, 5.41) is 9.52. The molecule has 0 spiro atoms. The molecule has 4 heterocycles. The van der Waals surface area contributed by atoms with Gasteiger partial charge in [-0.15, -0.1) is 4.40 Å². The van der Waals surface area contributed by atoms with E-state index in [1.54, 1.807) is 30.5 Å². The van der Waals surface area contributed by atoms with Crippen LogP contribution in [0.5, 0.6) is 0 Å². The second-order valence-corrected chi connectivity index (χ2v) is 9.49. The number of esters is 1. The Kier molecular flexibility index (Phi) is 4.94. The van der Waals surface area contributed by atoms with E-state index in [1.807, 2.05) is 33.7 Å². The summed E-state index contributed by atoms with van der Waals surface area (Å²) in [7, 11) is -3.71. The zero-order valence-corrected chi connectivity index (χ0v) is 18.0. The molecule has 1 atom stereocenters. The van der Waals surface area contributed by atoms with Crippen LogP contribution in [0.25, 0.3) is 5.52 Å². The first-order valence-electron chi connectivity index (χ1n) is 10.3. The van der Waals surface area contributed by atoms with Gasteiger partial charge in [0.1, 0.15) is 17.6 Å². The first kappa shape index (κ1) is 20.3. The summed E-state index contributed by atoms with van der Waals surface area (Å²) in [5.41, 5.74) is 2.48. The van der Waals surface area contributed by atoms with Gasteiger partial charge in [0.05, 0.1) is 17.0 Å². The van der Waals surface area contributed by atoms with E-state index in [1.165, 1.54) is 0 Å². The Morgan fingerprint density at radius 2 is 2.03 bits per heavy atom. The summed E-state index contributed by atoms with van der Waals surface area (Å²) in [5.74, 6) is -0.364. The summed E-state index contributed by atoms with van der Waals surface area (Å²) in [6, 6.07) is 14.5. The Balaban J connectivity index is 1.31. The number of benzene rings is 1. The van der Waals surface area contributed by atoms with Crippen molar-refractivity contribution in [2.75, 3.05) is 13.1 Å². The van der Waals surface area contributed by atoms with Gasteiger partial charge >= 0.3 is 5.97 Å². The van der Waals surface area contributed by atoms with Crippen LogP contribution < -0.4 is 0 Å². The van der Waals surface area contributed by atoms with E-state index in [2.05, 4.69) is 10.5 Å². The first-order valence-corrected chi connectivity index (χ1v) is 11.8. The lowest BCUT2D eigenvalue weighted by molar-refractivity contribution is -0.151. The molecular weight excluding hydrogens is 428 g/mol. The quantitative estimate of drug-likeness (QED) is 0.571. The zero-order valence-electron chi connectivity index (χ0n) is 17.1. The number of hydrogen-bond acceptors (Lipinski definition) is 6. The van der Waals surface area contributed by atoms with Crippen LogP contribution >= 0.6 is 0 Å². The lowest BCUT2D eigenvalue weighted by Gasteiger charge is -2.32. The minimum absolute atomic E-state index is 0.0120. The average Bonchev–Trinajstić information content (AvgIpc) is 3.31. The number of piperidine rings is 1. The predicted molar refractivity (Wildman–Crippen MR) is 116 cm³/mol. The summed E-state index contributed by atoms with van der Waals surface area (Å²) in [4.78, 5) is 14.9. The maximum atomic E-state index is 12.8. The molecule has 0 radical (unpaired) electrons. The molecule has 0 saturated carbocycles. The van der Waals surface area contributed by atoms with Crippen molar-refractivity contribution >= 4 is 27.3 Å². The highest BCUT2D eigenvalue weighted by Gasteiger charge is 2.35. The molecule has 1 fully saturated rings. The molecule has 0 bridgehead atoms. The number of carbonyl (C=O) groups excluding carboxylic acids is 1. The minimum Gasteiger partial charge on any atom is -0.460 e. The molecule has 8 nitrogen and oxygen atoms in total. The standard InChI is InChI=1S/C23H20N4O4S/c24-12-19-17(14-26-10-4-3-8-20(19)26)15-31-23(28)16-6-5-11-27(13-16)22-18-7-1-2-9-21(18)32(29,30)25-22/h1-4,7-10,14,16H,5-6,11,13,15H2. The molecule has 0 aliphatic carbocycles. The van der Waals surface area contributed by atoms with Crippen molar-refractivity contribution in [1.29, 1.82) is 5.26 Å². The van der Waals surface area contributed by atoms with E-state index >= 15 is 0 Å². The number of aromatic nitrogens is 1. The number of rotatable bonds is 3. The molecule has 2 aliphatic rings. The van der Waals surface area contributed by atoms with Gasteiger partial charge in [-0.2, -0.15) is 13.7 Å². The van der Waals surface area contributed by atoms with Crippen molar-refractivity contribution in [2.24, 2.45) is 10.3 Å². The topological polar surface area (TPSA) is 104 Å². The fourth-order valence-corrected chi connectivity index (χ4v) is 5.59. The molecule has 3 aromatic rings. The normalized spacial score (nSPS) is 19.3. The Hall–Kier alpha value is -3.64. The largest absolute Gasteiger partial charge is 0.460 e. The van der Waals surface area contributed by atoms with Crippen LogP contribution in [-0.4, -0.2) is 42.6 Å². The highest BCUT2D eigenvalue weighted by atomic mass is 32.2. The van der Waals surface area contributed by atoms with Crippen LogP contribution in [0.1, 0.15) is 29.5 Å². The number of hydrogen-bond donors (Lipinski definition) is 0. The molecule has 1 aromatic carbocycles. The number of likely N-dealkylation sites (tertiary alicyclic amines) is 1. The summed E-state index contributed by atoms with van der Waals surface area (Å²) >= 11 is 0. The molecule has 2 aliphatic heterocycles. The number of carbonyl (C=O) groups is 1. The van der Waals surface area contributed by atoms with Gasteiger partial charge in [-0.3, -0.25) is 4.79 Å². The Bertz CT molecular complexity index is 1400. The van der Waals surface area contributed by atoms with Crippen LogP contribution in [0.2, 0.25) is 0 Å². The fraction of sp³-hybridized carbons (Fsp3) is 0.261. The summed E-state index contributed by atoms with van der Waals surface area (Å²) < 4.78 is 36.1. The van der Waals surface area contributed by atoms with Gasteiger partial charge in [0.2, 0.25) is 0 Å². The highest BCUT2D eigenvalue weighted by Crippen LogP contribution is 2.30. The number of pyridine rings is 1. The SMILES string of the molecule is N#Cc1c(COC(=O)C2CCCN(C3=NS(=O)(=O)c4ccccc43)C2)cn2ccccc12. The van der Waals surface area contributed by atoms with Gasteiger partial charge < -0.3 is 14.0 Å². The number of fused-ring (bicyclic) bond motifs is 2. The Labute approximate surface area is 185 Å². The minimum atomic E-state index is -3.71. The maximum absolute atomic E-state index is 12.8. The van der Waals surface area contributed by atoms with Crippen molar-refractivity contribution in [3.05, 3.63) is 71.5 Å². The van der Waals surface area contributed by atoms with Crippen molar-refractivity contribution < 1.29 is 17.9 Å². The van der Waals surface area contributed by atoms with Crippen molar-refractivity contribution in [1.82, 2.24) is 9.30 Å². The second-order valence-electron chi connectivity index (χ2n) is 7.91. The van der Waals surface area contributed by atoms with E-state index in [0.717, 1.165) is 11.9 Å². The second kappa shape index (κ2) is 7.80. The van der Waals surface area contributed by atoms with E-state index in [4.69, 9.17) is 4.74 Å². The summed E-state index contributed by atoms with van der Waals surface area (Å²) in [6.07, 6.45) is 5.01. The van der Waals surface area contributed by atoms with Gasteiger partial charge in [0.15, 0.2) is 5.84 Å². The van der Waals surface area contributed by atoms with Crippen molar-refractivity contribution in [3.8, 4) is 6.07 Å². The van der Waals surface area contributed by atoms with E-state index in [0.29, 0.717) is 42.0 Å². The van der Waals surface area contributed by atoms with E-state index < -0.39 is 15.9 Å². The van der Waals surface area contributed by atoms with E-state index in [9.17, 15) is 18.5 Å². The van der Waals surface area contributed by atoms with Crippen LogP contribution in [0.4, 0.5) is 0 Å². The van der Waals surface area contributed by atoms with Gasteiger partial charge in [-0.05, 0) is 37.1 Å². The molecular formula is C23H20N4O4S. The first-order chi connectivity index (χ1) is 15.5. The smallest absolute Gasteiger partial charge is 0.311 e. The number of ether oxygens (including phenoxy) is 1. The van der Waals surface area contributed by atoms with E-state index in [-0.39, 0.29) is 17.5 Å². The lowest BCUT2D eigenvalue weighted by Crippen LogP contribution is -2.42. The van der Waals surface area contributed by atoms with Gasteiger partial charge in [-0.25, -0.2) is 0 Å². The molecule has 9 heteroatoms. The molecule has 5 rings (SSSR count). The molecule has 0 N–H and O–H groups in total. The number of amidine groups is 1. The van der Waals surface area contributed by atoms with Gasteiger partial charge in [-0.1, -0.05) is 18.2 Å². The molecule has 32 heavy (non-hydrogen) atoms. The van der Waals surface area contributed by atoms with Crippen molar-refractivity contribution in [3.63, 3.8) is 0 Å². The highest BCUT2D eigenvalue weighted by molar-refractivity contribution is 7.90. The Morgan fingerprint density at radius 1 is 1.22 bits per heavy atom. The molecule has 1 unspecified atom stereocenters. The molecule has 1 saturated heterocycles. The third-order valence-electron chi connectivity index (χ3n) is 5.91. The Morgan fingerprint density at radius 3 is 2.88 bits per heavy atom. The molecule has 2 aromatic heterocycles. The maximum Gasteiger partial charge on any atom is 0.311 e. The van der Waals surface area contributed by atoms with Crippen LogP contribution in [-0.2, 0) is 26.2 Å². The predicted octanol–water partition coefficient (Wildman–Crippen LogP) is 2.72. The third kappa shape index (κ3) is 3.42. The van der Waals surface area contributed by atoms with Gasteiger partial charge in [0.25, 0.3) is 10.0 Å². The van der Waals surface area contributed by atoms with Crippen LogP contribution in [0, 0.1) is 17.2 Å².